The highest BCUT2D eigenvalue weighted by Crippen LogP contribution is 2.46. The second-order valence-corrected chi connectivity index (χ2v) is 10.2. The molecule has 1 heterocycles. The van der Waals surface area contributed by atoms with E-state index >= 15 is 0 Å². The van der Waals surface area contributed by atoms with Crippen LogP contribution in [0.1, 0.15) is 58.2 Å². The molecule has 1 saturated carbocycles. The van der Waals surface area contributed by atoms with Crippen LogP contribution >= 0.6 is 11.6 Å². The predicted molar refractivity (Wildman–Crippen MR) is 147 cm³/mol. The van der Waals surface area contributed by atoms with E-state index in [1.54, 1.807) is 0 Å². The van der Waals surface area contributed by atoms with Gasteiger partial charge in [-0.15, -0.1) is 0 Å². The maximum atomic E-state index is 12.1. The zero-order chi connectivity index (χ0) is 25.2. The maximum Gasteiger partial charge on any atom is 0.407 e. The molecule has 0 saturated heterocycles. The van der Waals surface area contributed by atoms with Crippen molar-refractivity contribution in [1.82, 2.24) is 9.88 Å². The van der Waals surface area contributed by atoms with Crippen LogP contribution in [0.25, 0.3) is 27.6 Å². The Morgan fingerprint density at radius 3 is 2.56 bits per heavy atom. The predicted octanol–water partition coefficient (Wildman–Crippen LogP) is 7.93. The maximum absolute atomic E-state index is 12.1. The summed E-state index contributed by atoms with van der Waals surface area (Å²) < 4.78 is 13.7. The highest BCUT2D eigenvalue weighted by molar-refractivity contribution is 6.30. The lowest BCUT2D eigenvalue weighted by atomic mass is 9.90. The molecule has 36 heavy (non-hydrogen) atoms. The monoisotopic (exact) mass is 504 g/mol. The number of aromatic nitrogens is 1. The van der Waals surface area contributed by atoms with E-state index in [1.165, 1.54) is 28.6 Å². The van der Waals surface area contributed by atoms with E-state index in [2.05, 4.69) is 58.4 Å². The molecule has 0 bridgehead atoms. The smallest absolute Gasteiger partial charge is 0.407 e. The average molecular weight is 505 g/mol. The Labute approximate surface area is 217 Å². The van der Waals surface area contributed by atoms with Crippen LogP contribution in [-0.2, 0) is 4.74 Å². The lowest BCUT2D eigenvalue weighted by Crippen LogP contribution is -2.35. The fourth-order valence-electron chi connectivity index (χ4n) is 5.07. The van der Waals surface area contributed by atoms with Crippen LogP contribution in [0.15, 0.2) is 60.7 Å². The van der Waals surface area contributed by atoms with Crippen molar-refractivity contribution in [2.75, 3.05) is 6.61 Å². The Morgan fingerprint density at radius 1 is 1.17 bits per heavy atom. The molecule has 0 spiro atoms. The van der Waals surface area contributed by atoms with Crippen LogP contribution in [0.4, 0.5) is 4.79 Å². The van der Waals surface area contributed by atoms with E-state index in [-0.39, 0.29) is 18.2 Å². The minimum Gasteiger partial charge on any atom is -0.494 e. The summed E-state index contributed by atoms with van der Waals surface area (Å²) in [5.41, 5.74) is 5.91. The number of carbonyl (C=O) groups excluding carboxylic acids is 1. The summed E-state index contributed by atoms with van der Waals surface area (Å²) >= 11 is 6.25. The van der Waals surface area contributed by atoms with Crippen LogP contribution in [-0.4, -0.2) is 29.4 Å². The zero-order valence-electron chi connectivity index (χ0n) is 21.1. The normalized spacial score (nSPS) is 17.7. The molecule has 1 aromatic heterocycles. The number of nitrogens with one attached hydrogen (secondary N) is 1. The van der Waals surface area contributed by atoms with Gasteiger partial charge in [0.2, 0.25) is 0 Å². The number of ether oxygens (including phenoxy) is 2. The van der Waals surface area contributed by atoms with E-state index in [1.807, 2.05) is 32.9 Å². The lowest BCUT2D eigenvalue weighted by Gasteiger charge is -2.31. The first-order chi connectivity index (χ1) is 17.4. The van der Waals surface area contributed by atoms with Crippen LogP contribution in [0.5, 0.6) is 5.75 Å². The van der Waals surface area contributed by atoms with Gasteiger partial charge in [0, 0.05) is 28.1 Å². The van der Waals surface area contributed by atoms with E-state index < -0.39 is 0 Å². The summed E-state index contributed by atoms with van der Waals surface area (Å²) in [6, 6.07) is 14.9. The molecule has 2 aromatic carbocycles. The van der Waals surface area contributed by atoms with Crippen molar-refractivity contribution in [2.45, 2.75) is 64.6 Å². The van der Waals surface area contributed by atoms with Crippen molar-refractivity contribution in [3.8, 4) is 16.9 Å². The first kappa shape index (κ1) is 24.5. The van der Waals surface area contributed by atoms with Gasteiger partial charge >= 0.3 is 6.09 Å². The van der Waals surface area contributed by atoms with Gasteiger partial charge in [-0.2, -0.15) is 0 Å². The molecule has 1 N–H and O–H groups in total. The summed E-state index contributed by atoms with van der Waals surface area (Å²) in [4.78, 5) is 12.1. The molecule has 3 aromatic rings. The molecule has 6 heteroatoms. The molecule has 0 radical (unpaired) electrons. The van der Waals surface area contributed by atoms with Crippen molar-refractivity contribution in [3.63, 3.8) is 0 Å². The molecular weight excluding hydrogens is 472 g/mol. The number of fused-ring (bicyclic) bond motifs is 1. The molecule has 1 atom stereocenters. The average Bonchev–Trinajstić information content (AvgIpc) is 3.13. The summed E-state index contributed by atoms with van der Waals surface area (Å²) in [5.74, 6) is 0.887. The molecule has 1 amide bonds. The van der Waals surface area contributed by atoms with Crippen LogP contribution in [0.3, 0.4) is 0 Å². The van der Waals surface area contributed by atoms with Crippen molar-refractivity contribution in [2.24, 2.45) is 0 Å². The number of allylic oxidation sites excluding steroid dienone is 2. The fourth-order valence-corrected chi connectivity index (χ4v) is 5.19. The van der Waals surface area contributed by atoms with Crippen molar-refractivity contribution in [1.29, 1.82) is 0 Å². The Balaban J connectivity index is 1.61. The molecule has 2 aliphatic rings. The Morgan fingerprint density at radius 2 is 1.94 bits per heavy atom. The van der Waals surface area contributed by atoms with Crippen molar-refractivity contribution < 1.29 is 14.3 Å². The first-order valence-corrected chi connectivity index (χ1v) is 13.2. The first-order valence-electron chi connectivity index (χ1n) is 12.9. The Bertz CT molecular complexity index is 1320. The van der Waals surface area contributed by atoms with Gasteiger partial charge < -0.3 is 19.4 Å². The minimum absolute atomic E-state index is 0.0925. The summed E-state index contributed by atoms with van der Waals surface area (Å²) in [6.45, 7) is 6.35. The fraction of sp³-hybridized carbons (Fsp3) is 0.367. The highest BCUT2D eigenvalue weighted by Gasteiger charge is 2.29. The van der Waals surface area contributed by atoms with E-state index in [0.29, 0.717) is 19.1 Å². The summed E-state index contributed by atoms with van der Waals surface area (Å²) in [5, 5.41) is 4.88. The Kier molecular flexibility index (Phi) is 7.10. The minimum atomic E-state index is -0.384. The van der Waals surface area contributed by atoms with Crippen LogP contribution in [0.2, 0.25) is 5.02 Å². The second kappa shape index (κ2) is 10.4. The third-order valence-corrected chi connectivity index (χ3v) is 7.13. The molecule has 1 unspecified atom stereocenters. The lowest BCUT2D eigenvalue weighted by molar-refractivity contribution is 0.114. The Hall–Kier alpha value is -3.18. The number of halogens is 1. The molecule has 188 valence electrons. The van der Waals surface area contributed by atoms with Crippen LogP contribution in [0, 0.1) is 0 Å². The number of hydrogen-bond donors (Lipinski definition) is 1. The van der Waals surface area contributed by atoms with Gasteiger partial charge in [0.05, 0.1) is 30.0 Å². The molecular formula is C30H33ClN2O3. The SMILES string of the molecule is CCOc1ccc2c(-c3ccc(Cl)cc3)c(C3=CCC(NC(=O)OC(C)C)C=C3)n(C3CCC3)c2c1. The topological polar surface area (TPSA) is 52.5 Å². The van der Waals surface area contributed by atoms with E-state index in [9.17, 15) is 4.79 Å². The number of carbonyl (C=O) groups is 1. The third kappa shape index (κ3) is 4.90. The van der Waals surface area contributed by atoms with E-state index in [4.69, 9.17) is 21.1 Å². The van der Waals surface area contributed by atoms with E-state index in [0.717, 1.165) is 34.8 Å². The number of nitrogens with zero attached hydrogens (tertiary/aromatic N) is 1. The molecule has 2 aliphatic carbocycles. The van der Waals surface area contributed by atoms with Gasteiger partial charge in [-0.25, -0.2) is 4.79 Å². The standard InChI is InChI=1S/C30H33ClN2O3/c1-4-35-25-16-17-26-27(18-25)33(24-6-5-7-24)29(28(26)20-8-12-22(31)13-9-20)21-10-14-23(15-11-21)32-30(34)36-19(2)3/h8-14,16-19,23-24H,4-7,15H2,1-3H3,(H,32,34). The quantitative estimate of drug-likeness (QED) is 0.355. The largest absolute Gasteiger partial charge is 0.494 e. The van der Waals surface area contributed by atoms with Gasteiger partial charge in [0.25, 0.3) is 0 Å². The van der Waals surface area contributed by atoms with Crippen LogP contribution < -0.4 is 10.1 Å². The second-order valence-electron chi connectivity index (χ2n) is 9.76. The zero-order valence-corrected chi connectivity index (χ0v) is 21.8. The van der Waals surface area contributed by atoms with Gasteiger partial charge in [0.15, 0.2) is 0 Å². The number of amides is 1. The summed E-state index contributed by atoms with van der Waals surface area (Å²) in [6.07, 6.45) is 10.2. The van der Waals surface area contributed by atoms with Crippen molar-refractivity contribution >= 4 is 34.2 Å². The number of rotatable bonds is 7. The van der Waals surface area contributed by atoms with Gasteiger partial charge in [-0.05, 0) is 81.9 Å². The number of benzene rings is 2. The third-order valence-electron chi connectivity index (χ3n) is 6.88. The number of hydrogen-bond acceptors (Lipinski definition) is 3. The molecule has 5 nitrogen and oxygen atoms in total. The number of alkyl carbamates (subject to hydrolysis) is 1. The van der Waals surface area contributed by atoms with Gasteiger partial charge in [-0.3, -0.25) is 0 Å². The van der Waals surface area contributed by atoms with Crippen molar-refractivity contribution in [3.05, 3.63) is 71.4 Å². The molecule has 5 rings (SSSR count). The summed E-state index contributed by atoms with van der Waals surface area (Å²) in [7, 11) is 0. The molecule has 1 fully saturated rings. The molecule has 0 aliphatic heterocycles. The highest BCUT2D eigenvalue weighted by atomic mass is 35.5. The van der Waals surface area contributed by atoms with Gasteiger partial charge in [0.1, 0.15) is 5.75 Å². The van der Waals surface area contributed by atoms with Gasteiger partial charge in [-0.1, -0.05) is 42.0 Å².